The van der Waals surface area contributed by atoms with E-state index in [-0.39, 0.29) is 17.6 Å². The molecule has 0 spiro atoms. The lowest BCUT2D eigenvalue weighted by Gasteiger charge is -2.25. The fraction of sp³-hybridized carbons (Fsp3) is 0.409. The van der Waals surface area contributed by atoms with Gasteiger partial charge in [0, 0.05) is 6.54 Å². The standard InChI is InChI=1S/C22H29N3O3/c1-6-16-8-10-17(11-9-16)20(25(4)5)14-23-21(26)19-13-12-18(15(3)24-19)22(27)28-7-2/h8-13,20H,6-7,14H2,1-5H3,(H,23,26). The van der Waals surface area contributed by atoms with Crippen molar-refractivity contribution in [2.45, 2.75) is 33.2 Å². The van der Waals surface area contributed by atoms with E-state index in [0.29, 0.717) is 24.4 Å². The van der Waals surface area contributed by atoms with E-state index >= 15 is 0 Å². The van der Waals surface area contributed by atoms with Gasteiger partial charge in [-0.1, -0.05) is 31.2 Å². The topological polar surface area (TPSA) is 71.5 Å². The van der Waals surface area contributed by atoms with Crippen molar-refractivity contribution in [3.05, 3.63) is 64.5 Å². The van der Waals surface area contributed by atoms with Crippen molar-refractivity contribution in [3.8, 4) is 0 Å². The molecule has 1 aromatic heterocycles. The Morgan fingerprint density at radius 2 is 1.79 bits per heavy atom. The Morgan fingerprint density at radius 3 is 2.32 bits per heavy atom. The normalized spacial score (nSPS) is 11.9. The number of hydrogen-bond donors (Lipinski definition) is 1. The molecule has 150 valence electrons. The molecule has 1 heterocycles. The van der Waals surface area contributed by atoms with E-state index < -0.39 is 5.97 Å². The van der Waals surface area contributed by atoms with Gasteiger partial charge in [-0.25, -0.2) is 9.78 Å². The molecule has 28 heavy (non-hydrogen) atoms. The highest BCUT2D eigenvalue weighted by Crippen LogP contribution is 2.18. The van der Waals surface area contributed by atoms with Gasteiger partial charge in [-0.2, -0.15) is 0 Å². The molecule has 2 rings (SSSR count). The molecule has 1 unspecified atom stereocenters. The number of rotatable bonds is 8. The van der Waals surface area contributed by atoms with Crippen LogP contribution in [0.25, 0.3) is 0 Å². The summed E-state index contributed by atoms with van der Waals surface area (Å²) in [6.45, 7) is 6.32. The quantitative estimate of drug-likeness (QED) is 0.709. The molecule has 0 fully saturated rings. The zero-order chi connectivity index (χ0) is 20.7. The van der Waals surface area contributed by atoms with Crippen LogP contribution in [-0.4, -0.2) is 49.0 Å². The van der Waals surface area contributed by atoms with Crippen molar-refractivity contribution in [2.75, 3.05) is 27.2 Å². The third-order valence-electron chi connectivity index (χ3n) is 4.67. The Labute approximate surface area is 166 Å². The van der Waals surface area contributed by atoms with Gasteiger partial charge in [0.2, 0.25) is 0 Å². The van der Waals surface area contributed by atoms with Crippen LogP contribution in [0.3, 0.4) is 0 Å². The smallest absolute Gasteiger partial charge is 0.339 e. The van der Waals surface area contributed by atoms with Crippen LogP contribution in [0, 0.1) is 6.92 Å². The summed E-state index contributed by atoms with van der Waals surface area (Å²) in [5.41, 5.74) is 3.56. The van der Waals surface area contributed by atoms with Gasteiger partial charge in [-0.3, -0.25) is 4.79 Å². The first-order valence-corrected chi connectivity index (χ1v) is 9.55. The lowest BCUT2D eigenvalue weighted by Crippen LogP contribution is -2.35. The molecule has 0 saturated carbocycles. The molecule has 1 atom stereocenters. The maximum absolute atomic E-state index is 12.6. The van der Waals surface area contributed by atoms with Gasteiger partial charge in [0.05, 0.1) is 23.9 Å². The second-order valence-electron chi connectivity index (χ2n) is 6.83. The van der Waals surface area contributed by atoms with Crippen LogP contribution in [0.5, 0.6) is 0 Å². The number of carbonyl (C=O) groups excluding carboxylic acids is 2. The summed E-state index contributed by atoms with van der Waals surface area (Å²) >= 11 is 0. The minimum atomic E-state index is -0.428. The number of hydrogen-bond acceptors (Lipinski definition) is 5. The predicted octanol–water partition coefficient (Wildman–Crippen LogP) is 3.16. The molecular formula is C22H29N3O3. The van der Waals surface area contributed by atoms with E-state index in [2.05, 4.69) is 46.4 Å². The summed E-state index contributed by atoms with van der Waals surface area (Å²) in [6, 6.07) is 11.6. The Morgan fingerprint density at radius 1 is 1.11 bits per heavy atom. The second kappa shape index (κ2) is 9.99. The Kier molecular flexibility index (Phi) is 7.70. The third kappa shape index (κ3) is 5.39. The molecule has 0 saturated heterocycles. The number of aryl methyl sites for hydroxylation is 2. The Hall–Kier alpha value is -2.73. The summed E-state index contributed by atoms with van der Waals surface area (Å²) in [5.74, 6) is -0.696. The molecule has 1 aromatic carbocycles. The molecular weight excluding hydrogens is 354 g/mol. The van der Waals surface area contributed by atoms with Crippen LogP contribution in [-0.2, 0) is 11.2 Å². The van der Waals surface area contributed by atoms with E-state index in [0.717, 1.165) is 12.0 Å². The van der Waals surface area contributed by atoms with Crippen molar-refractivity contribution in [1.82, 2.24) is 15.2 Å². The van der Waals surface area contributed by atoms with Gasteiger partial charge < -0.3 is 15.0 Å². The number of benzene rings is 1. The lowest BCUT2D eigenvalue weighted by atomic mass is 10.0. The van der Waals surface area contributed by atoms with Crippen molar-refractivity contribution in [2.24, 2.45) is 0 Å². The highest BCUT2D eigenvalue weighted by Gasteiger charge is 2.18. The summed E-state index contributed by atoms with van der Waals surface area (Å²) in [6.07, 6.45) is 0.996. The number of carbonyl (C=O) groups is 2. The maximum Gasteiger partial charge on any atom is 0.339 e. The first-order valence-electron chi connectivity index (χ1n) is 9.55. The first-order chi connectivity index (χ1) is 13.4. The van der Waals surface area contributed by atoms with E-state index in [1.807, 2.05) is 14.1 Å². The third-order valence-corrected chi connectivity index (χ3v) is 4.67. The lowest BCUT2D eigenvalue weighted by molar-refractivity contribution is 0.0524. The Balaban J connectivity index is 2.08. The number of nitrogens with one attached hydrogen (secondary N) is 1. The van der Waals surface area contributed by atoms with Gasteiger partial charge in [-0.15, -0.1) is 0 Å². The predicted molar refractivity (Wildman–Crippen MR) is 110 cm³/mol. The maximum atomic E-state index is 12.6. The van der Waals surface area contributed by atoms with Crippen molar-refractivity contribution >= 4 is 11.9 Å². The average molecular weight is 383 g/mol. The number of likely N-dealkylation sites (N-methyl/N-ethyl adjacent to an activating group) is 1. The zero-order valence-corrected chi connectivity index (χ0v) is 17.3. The molecule has 0 aliphatic heterocycles. The summed E-state index contributed by atoms with van der Waals surface area (Å²) < 4.78 is 4.99. The fourth-order valence-corrected chi connectivity index (χ4v) is 2.97. The second-order valence-corrected chi connectivity index (χ2v) is 6.83. The van der Waals surface area contributed by atoms with Gasteiger partial charge in [0.25, 0.3) is 5.91 Å². The van der Waals surface area contributed by atoms with Crippen LogP contribution >= 0.6 is 0 Å². The van der Waals surface area contributed by atoms with Crippen LogP contribution in [0.4, 0.5) is 0 Å². The number of aromatic nitrogens is 1. The Bertz CT molecular complexity index is 816. The number of ether oxygens (including phenoxy) is 1. The zero-order valence-electron chi connectivity index (χ0n) is 17.3. The van der Waals surface area contributed by atoms with Gasteiger partial charge in [0.15, 0.2) is 0 Å². The monoisotopic (exact) mass is 383 g/mol. The summed E-state index contributed by atoms with van der Waals surface area (Å²) in [4.78, 5) is 30.8. The summed E-state index contributed by atoms with van der Waals surface area (Å²) in [7, 11) is 3.97. The largest absolute Gasteiger partial charge is 0.462 e. The molecule has 0 aliphatic carbocycles. The molecule has 0 aliphatic rings. The van der Waals surface area contributed by atoms with Crippen molar-refractivity contribution in [1.29, 1.82) is 0 Å². The minimum Gasteiger partial charge on any atom is -0.462 e. The van der Waals surface area contributed by atoms with E-state index in [1.54, 1.807) is 26.0 Å². The average Bonchev–Trinajstić information content (AvgIpc) is 2.68. The number of pyridine rings is 1. The van der Waals surface area contributed by atoms with E-state index in [1.165, 1.54) is 5.56 Å². The van der Waals surface area contributed by atoms with Crippen LogP contribution in [0.15, 0.2) is 36.4 Å². The number of amides is 1. The van der Waals surface area contributed by atoms with Crippen LogP contribution < -0.4 is 5.32 Å². The molecule has 2 aromatic rings. The molecule has 6 heteroatoms. The molecule has 0 radical (unpaired) electrons. The molecule has 1 amide bonds. The van der Waals surface area contributed by atoms with Gasteiger partial charge >= 0.3 is 5.97 Å². The number of esters is 1. The molecule has 0 bridgehead atoms. The van der Waals surface area contributed by atoms with Gasteiger partial charge in [0.1, 0.15) is 5.69 Å². The molecule has 1 N–H and O–H groups in total. The first kappa shape index (κ1) is 21.6. The van der Waals surface area contributed by atoms with E-state index in [4.69, 9.17) is 4.74 Å². The SMILES string of the molecule is CCOC(=O)c1ccc(C(=O)NCC(c2ccc(CC)cc2)N(C)C)nc1C. The highest BCUT2D eigenvalue weighted by atomic mass is 16.5. The fourth-order valence-electron chi connectivity index (χ4n) is 2.97. The van der Waals surface area contributed by atoms with Gasteiger partial charge in [-0.05, 0) is 57.6 Å². The molecule has 6 nitrogen and oxygen atoms in total. The summed E-state index contributed by atoms with van der Waals surface area (Å²) in [5, 5.41) is 2.95. The van der Waals surface area contributed by atoms with Crippen molar-refractivity contribution < 1.29 is 14.3 Å². The van der Waals surface area contributed by atoms with Crippen LogP contribution in [0.1, 0.15) is 57.6 Å². The van der Waals surface area contributed by atoms with E-state index in [9.17, 15) is 9.59 Å². The minimum absolute atomic E-state index is 0.0507. The van der Waals surface area contributed by atoms with Crippen LogP contribution in [0.2, 0.25) is 0 Å². The highest BCUT2D eigenvalue weighted by molar-refractivity contribution is 5.95. The number of nitrogens with zero attached hydrogens (tertiary/aromatic N) is 2. The van der Waals surface area contributed by atoms with Crippen molar-refractivity contribution in [3.63, 3.8) is 0 Å².